The summed E-state index contributed by atoms with van der Waals surface area (Å²) in [6.45, 7) is 0.250. The van der Waals surface area contributed by atoms with Crippen molar-refractivity contribution in [1.82, 2.24) is 9.78 Å². The van der Waals surface area contributed by atoms with E-state index < -0.39 is 11.5 Å². The lowest BCUT2D eigenvalue weighted by atomic mass is 10.2. The van der Waals surface area contributed by atoms with Crippen molar-refractivity contribution in [2.24, 2.45) is 0 Å². The summed E-state index contributed by atoms with van der Waals surface area (Å²) in [6, 6.07) is 17.1. The molecule has 0 radical (unpaired) electrons. The third-order valence-electron chi connectivity index (χ3n) is 4.89. The fourth-order valence-electron chi connectivity index (χ4n) is 3.37. The minimum Gasteiger partial charge on any atom is -0.497 e. The van der Waals surface area contributed by atoms with Crippen molar-refractivity contribution in [2.75, 3.05) is 23.9 Å². The molecule has 2 amide bonds. The molecule has 30 heavy (non-hydrogen) atoms. The zero-order chi connectivity index (χ0) is 21.1. The molecule has 2 aromatic carbocycles. The molecule has 0 saturated heterocycles. The van der Waals surface area contributed by atoms with E-state index in [0.717, 1.165) is 22.4 Å². The largest absolute Gasteiger partial charge is 0.497 e. The Balaban J connectivity index is 1.50. The van der Waals surface area contributed by atoms with Crippen molar-refractivity contribution >= 4 is 23.2 Å². The zero-order valence-corrected chi connectivity index (χ0v) is 16.4. The van der Waals surface area contributed by atoms with Gasteiger partial charge < -0.3 is 15.0 Å². The summed E-state index contributed by atoms with van der Waals surface area (Å²) in [5, 5.41) is 6.83. The Labute approximate surface area is 172 Å². The molecule has 0 saturated carbocycles. The molecular formula is C22H20N4O4. The highest BCUT2D eigenvalue weighted by atomic mass is 16.5. The Morgan fingerprint density at radius 3 is 2.60 bits per heavy atom. The number of benzene rings is 2. The normalized spacial score (nSPS) is 12.4. The number of methoxy groups -OCH3 is 1. The van der Waals surface area contributed by atoms with E-state index in [9.17, 15) is 14.4 Å². The summed E-state index contributed by atoms with van der Waals surface area (Å²) in [5.74, 6) is -0.0595. The first kappa shape index (κ1) is 19.4. The van der Waals surface area contributed by atoms with Crippen LogP contribution in [0, 0.1) is 0 Å². The molecule has 8 heteroatoms. The molecule has 0 unspecified atom stereocenters. The summed E-state index contributed by atoms with van der Waals surface area (Å²) >= 11 is 0. The highest BCUT2D eigenvalue weighted by Crippen LogP contribution is 2.28. The first-order chi connectivity index (χ1) is 14.5. The fraction of sp³-hybridized carbons (Fsp3) is 0.182. The fourth-order valence-corrected chi connectivity index (χ4v) is 3.37. The van der Waals surface area contributed by atoms with E-state index in [2.05, 4.69) is 10.4 Å². The van der Waals surface area contributed by atoms with E-state index in [4.69, 9.17) is 4.74 Å². The Morgan fingerprint density at radius 2 is 1.83 bits per heavy atom. The van der Waals surface area contributed by atoms with Gasteiger partial charge in [-0.15, -0.1) is 0 Å². The van der Waals surface area contributed by atoms with Crippen LogP contribution in [0.1, 0.15) is 16.1 Å². The van der Waals surface area contributed by atoms with Crippen LogP contribution in [-0.4, -0.2) is 35.2 Å². The Kier molecular flexibility index (Phi) is 5.30. The topological polar surface area (TPSA) is 93.5 Å². The van der Waals surface area contributed by atoms with Gasteiger partial charge in [0.05, 0.1) is 7.11 Å². The minimum absolute atomic E-state index is 0.114. The lowest BCUT2D eigenvalue weighted by Gasteiger charge is -2.17. The molecule has 1 aromatic heterocycles. The van der Waals surface area contributed by atoms with Crippen LogP contribution in [-0.2, 0) is 17.8 Å². The summed E-state index contributed by atoms with van der Waals surface area (Å²) in [4.78, 5) is 39.1. The second-order valence-electron chi connectivity index (χ2n) is 6.83. The van der Waals surface area contributed by atoms with Gasteiger partial charge in [0.1, 0.15) is 18.0 Å². The number of amides is 2. The van der Waals surface area contributed by atoms with Crippen LogP contribution in [0.15, 0.2) is 65.5 Å². The smallest absolute Gasteiger partial charge is 0.278 e. The van der Waals surface area contributed by atoms with Crippen LogP contribution < -0.4 is 20.5 Å². The van der Waals surface area contributed by atoms with Crippen molar-refractivity contribution in [1.29, 1.82) is 0 Å². The molecule has 152 valence electrons. The van der Waals surface area contributed by atoms with E-state index in [-0.39, 0.29) is 18.1 Å². The highest BCUT2D eigenvalue weighted by molar-refractivity contribution is 6.06. The maximum absolute atomic E-state index is 12.9. The maximum Gasteiger partial charge on any atom is 0.278 e. The van der Waals surface area contributed by atoms with Gasteiger partial charge in [0, 0.05) is 24.0 Å². The molecule has 0 bridgehead atoms. The molecule has 1 N–H and O–H groups in total. The summed E-state index contributed by atoms with van der Waals surface area (Å²) in [7, 11) is 1.56. The third-order valence-corrected chi connectivity index (χ3v) is 4.89. The summed E-state index contributed by atoms with van der Waals surface area (Å²) < 4.78 is 6.08. The number of rotatable bonds is 5. The second kappa shape index (κ2) is 8.20. The number of carbonyl (C=O) groups is 2. The van der Waals surface area contributed by atoms with Gasteiger partial charge in [-0.2, -0.15) is 5.10 Å². The Morgan fingerprint density at radius 1 is 1.07 bits per heavy atom. The molecule has 0 fully saturated rings. The number of fused-ring (bicyclic) bond motifs is 1. The van der Waals surface area contributed by atoms with Gasteiger partial charge in [-0.1, -0.05) is 18.2 Å². The van der Waals surface area contributed by atoms with Gasteiger partial charge in [0.15, 0.2) is 0 Å². The Bertz CT molecular complexity index is 1150. The van der Waals surface area contributed by atoms with Crippen LogP contribution in [0.25, 0.3) is 0 Å². The zero-order valence-electron chi connectivity index (χ0n) is 16.4. The number of nitrogens with one attached hydrogen (secondary N) is 1. The maximum atomic E-state index is 12.9. The van der Waals surface area contributed by atoms with Crippen molar-refractivity contribution in [2.45, 2.75) is 13.0 Å². The third kappa shape index (κ3) is 3.93. The number of anilines is 2. The molecular weight excluding hydrogens is 384 g/mol. The molecule has 0 atom stereocenters. The van der Waals surface area contributed by atoms with E-state index >= 15 is 0 Å². The highest BCUT2D eigenvalue weighted by Gasteiger charge is 2.26. The average molecular weight is 404 g/mol. The number of hydrogen-bond acceptors (Lipinski definition) is 5. The SMILES string of the molecule is COc1ccc(NC(=O)Cn2nc(C(=O)N3CCc4ccccc43)ccc2=O)cc1. The molecule has 8 nitrogen and oxygen atoms in total. The molecule has 4 rings (SSSR count). The lowest BCUT2D eigenvalue weighted by Crippen LogP contribution is -2.34. The van der Waals surface area contributed by atoms with Crippen LogP contribution in [0.3, 0.4) is 0 Å². The first-order valence-corrected chi connectivity index (χ1v) is 9.47. The van der Waals surface area contributed by atoms with Crippen molar-refractivity contribution in [3.05, 3.63) is 82.3 Å². The number of para-hydroxylation sites is 1. The predicted molar refractivity (Wildman–Crippen MR) is 112 cm³/mol. The van der Waals surface area contributed by atoms with Crippen molar-refractivity contribution < 1.29 is 14.3 Å². The monoisotopic (exact) mass is 404 g/mol. The summed E-state index contributed by atoms with van der Waals surface area (Å²) in [6.07, 6.45) is 0.770. The molecule has 1 aliphatic rings. The number of ether oxygens (including phenoxy) is 1. The van der Waals surface area contributed by atoms with Gasteiger partial charge in [-0.3, -0.25) is 14.4 Å². The molecule has 3 aromatic rings. The number of aromatic nitrogens is 2. The van der Waals surface area contributed by atoms with Gasteiger partial charge in [0.25, 0.3) is 11.5 Å². The van der Waals surface area contributed by atoms with Crippen LogP contribution >= 0.6 is 0 Å². The minimum atomic E-state index is -0.460. The van der Waals surface area contributed by atoms with E-state index in [1.807, 2.05) is 24.3 Å². The van der Waals surface area contributed by atoms with E-state index in [0.29, 0.717) is 18.0 Å². The summed E-state index contributed by atoms with van der Waals surface area (Å²) in [5.41, 5.74) is 2.16. The molecule has 0 aliphatic carbocycles. The average Bonchev–Trinajstić information content (AvgIpc) is 3.19. The van der Waals surface area contributed by atoms with Gasteiger partial charge in [-0.05, 0) is 48.4 Å². The number of hydrogen-bond donors (Lipinski definition) is 1. The van der Waals surface area contributed by atoms with E-state index in [1.54, 1.807) is 36.3 Å². The molecule has 1 aliphatic heterocycles. The number of carbonyl (C=O) groups excluding carboxylic acids is 2. The molecule has 2 heterocycles. The van der Waals surface area contributed by atoms with Gasteiger partial charge in [0.2, 0.25) is 5.91 Å². The second-order valence-corrected chi connectivity index (χ2v) is 6.83. The van der Waals surface area contributed by atoms with Crippen molar-refractivity contribution in [3.63, 3.8) is 0 Å². The van der Waals surface area contributed by atoms with Crippen molar-refractivity contribution in [3.8, 4) is 5.75 Å². The quantitative estimate of drug-likeness (QED) is 0.703. The van der Waals surface area contributed by atoms with E-state index in [1.165, 1.54) is 12.1 Å². The van der Waals surface area contributed by atoms with Crippen LogP contribution in [0.5, 0.6) is 5.75 Å². The van der Waals surface area contributed by atoms with Crippen LogP contribution in [0.4, 0.5) is 11.4 Å². The standard InChI is InChI=1S/C22H20N4O4/c1-30-17-8-6-16(7-9-17)23-20(27)14-26-21(28)11-10-18(24-26)22(29)25-13-12-15-4-2-3-5-19(15)25/h2-11H,12-14H2,1H3,(H,23,27). The predicted octanol–water partition coefficient (Wildman–Crippen LogP) is 2.09. The first-order valence-electron chi connectivity index (χ1n) is 9.47. The number of nitrogens with zero attached hydrogens (tertiary/aromatic N) is 3. The van der Waals surface area contributed by atoms with Gasteiger partial charge >= 0.3 is 0 Å². The van der Waals surface area contributed by atoms with Crippen LogP contribution in [0.2, 0.25) is 0 Å². The molecule has 0 spiro atoms. The lowest BCUT2D eigenvalue weighted by molar-refractivity contribution is -0.117. The Hall–Kier alpha value is -3.94. The van der Waals surface area contributed by atoms with Gasteiger partial charge in [-0.25, -0.2) is 4.68 Å².